The van der Waals surface area contributed by atoms with Gasteiger partial charge >= 0.3 is 0 Å². The smallest absolute Gasteiger partial charge is 0.0654 e. The topological polar surface area (TPSA) is 40.5 Å². The maximum atomic E-state index is 10.7. The first-order chi connectivity index (χ1) is 7.68. The normalized spacial score (nSPS) is 60.4. The van der Waals surface area contributed by atoms with Gasteiger partial charge in [0.05, 0.1) is 11.2 Å². The van der Waals surface area contributed by atoms with Crippen molar-refractivity contribution in [1.82, 2.24) is 0 Å². The molecule has 0 saturated heterocycles. The molecule has 2 N–H and O–H groups in total. The predicted octanol–water partition coefficient (Wildman–Crippen LogP) is 2.58. The van der Waals surface area contributed by atoms with E-state index >= 15 is 0 Å². The molecule has 3 rings (SSSR count). The summed E-state index contributed by atoms with van der Waals surface area (Å²) >= 11 is 0. The van der Waals surface area contributed by atoms with Gasteiger partial charge in [-0.25, -0.2) is 0 Å². The Labute approximate surface area is 104 Å². The number of rotatable bonds is 0. The summed E-state index contributed by atoms with van der Waals surface area (Å²) in [7, 11) is 0. The summed E-state index contributed by atoms with van der Waals surface area (Å²) in [6.45, 7) is 8.66. The monoisotopic (exact) mass is 238 g/mol. The second kappa shape index (κ2) is 3.08. The highest BCUT2D eigenvalue weighted by molar-refractivity contribution is 5.18. The van der Waals surface area contributed by atoms with E-state index in [1.165, 1.54) is 0 Å². The van der Waals surface area contributed by atoms with Crippen molar-refractivity contribution in [3.63, 3.8) is 0 Å². The fourth-order valence-corrected chi connectivity index (χ4v) is 5.25. The van der Waals surface area contributed by atoms with Crippen LogP contribution in [0.15, 0.2) is 0 Å². The SMILES string of the molecule is CC1(C)[C@@H]2[C@@H]3[C@H](CC[C@@]3(C)O)[C@@](C)(O)CC[C@@H]21. The largest absolute Gasteiger partial charge is 0.390 e. The van der Waals surface area contributed by atoms with Crippen molar-refractivity contribution in [3.8, 4) is 0 Å². The van der Waals surface area contributed by atoms with Crippen LogP contribution in [0.5, 0.6) is 0 Å². The first kappa shape index (κ1) is 12.0. The maximum Gasteiger partial charge on any atom is 0.0654 e. The first-order valence-electron chi connectivity index (χ1n) is 7.13. The van der Waals surface area contributed by atoms with E-state index in [0.717, 1.165) is 25.7 Å². The van der Waals surface area contributed by atoms with Crippen molar-refractivity contribution in [2.75, 3.05) is 0 Å². The first-order valence-corrected chi connectivity index (χ1v) is 7.13. The lowest BCUT2D eigenvalue weighted by Gasteiger charge is -2.37. The van der Waals surface area contributed by atoms with Crippen LogP contribution in [0, 0.1) is 29.1 Å². The fourth-order valence-electron chi connectivity index (χ4n) is 5.25. The van der Waals surface area contributed by atoms with Crippen molar-refractivity contribution in [3.05, 3.63) is 0 Å². The molecule has 3 saturated carbocycles. The Morgan fingerprint density at radius 3 is 1.94 bits per heavy atom. The van der Waals surface area contributed by atoms with E-state index in [-0.39, 0.29) is 0 Å². The minimum absolute atomic E-state index is 0.300. The molecule has 3 aliphatic carbocycles. The van der Waals surface area contributed by atoms with Gasteiger partial charge in [-0.15, -0.1) is 0 Å². The Bertz CT molecular complexity index is 343. The standard InChI is InChI=1S/C15H26O2/c1-13(2)9-5-7-14(3,16)10-6-8-15(4,17)12(10)11(9)13/h9-12,16-17H,5-8H2,1-4H3/t9-,10-,11-,12-,14-,15+/m0/s1. The molecule has 0 aromatic rings. The molecule has 3 fully saturated rings. The lowest BCUT2D eigenvalue weighted by atomic mass is 9.73. The highest BCUT2D eigenvalue weighted by Gasteiger charge is 2.69. The Morgan fingerprint density at radius 2 is 1.29 bits per heavy atom. The van der Waals surface area contributed by atoms with Gasteiger partial charge in [-0.1, -0.05) is 13.8 Å². The number of hydrogen-bond acceptors (Lipinski definition) is 2. The van der Waals surface area contributed by atoms with Gasteiger partial charge in [-0.2, -0.15) is 0 Å². The highest BCUT2D eigenvalue weighted by Crippen LogP contribution is 2.71. The third-order valence-electron chi connectivity index (χ3n) is 6.40. The van der Waals surface area contributed by atoms with E-state index < -0.39 is 11.2 Å². The van der Waals surface area contributed by atoms with Gasteiger partial charge in [0.25, 0.3) is 0 Å². The van der Waals surface area contributed by atoms with Crippen LogP contribution in [-0.2, 0) is 0 Å². The molecular formula is C15H26O2. The molecule has 0 spiro atoms. The van der Waals surface area contributed by atoms with Gasteiger partial charge in [-0.05, 0) is 68.6 Å². The van der Waals surface area contributed by atoms with E-state index in [1.807, 2.05) is 13.8 Å². The van der Waals surface area contributed by atoms with Crippen LogP contribution in [0.1, 0.15) is 53.4 Å². The van der Waals surface area contributed by atoms with Gasteiger partial charge in [0.15, 0.2) is 0 Å². The Balaban J connectivity index is 1.99. The zero-order valence-electron chi connectivity index (χ0n) is 11.5. The lowest BCUT2D eigenvalue weighted by molar-refractivity contribution is -0.0663. The van der Waals surface area contributed by atoms with Crippen LogP contribution in [-0.4, -0.2) is 21.4 Å². The molecule has 0 aliphatic heterocycles. The van der Waals surface area contributed by atoms with E-state index in [2.05, 4.69) is 13.8 Å². The van der Waals surface area contributed by atoms with Crippen LogP contribution in [0.2, 0.25) is 0 Å². The van der Waals surface area contributed by atoms with Crippen LogP contribution in [0.4, 0.5) is 0 Å². The number of fused-ring (bicyclic) bond motifs is 3. The second-order valence-electron chi connectivity index (χ2n) is 7.88. The van der Waals surface area contributed by atoms with E-state index in [4.69, 9.17) is 0 Å². The van der Waals surface area contributed by atoms with E-state index in [9.17, 15) is 10.2 Å². The minimum atomic E-state index is -0.561. The summed E-state index contributed by atoms with van der Waals surface area (Å²) in [5, 5.41) is 21.3. The predicted molar refractivity (Wildman–Crippen MR) is 67.5 cm³/mol. The molecule has 0 heterocycles. The average molecular weight is 238 g/mol. The van der Waals surface area contributed by atoms with Gasteiger partial charge < -0.3 is 10.2 Å². The van der Waals surface area contributed by atoms with E-state index in [1.54, 1.807) is 0 Å². The summed E-state index contributed by atoms with van der Waals surface area (Å²) in [6.07, 6.45) is 3.89. The maximum absolute atomic E-state index is 10.7. The van der Waals surface area contributed by atoms with Crippen molar-refractivity contribution >= 4 is 0 Å². The molecule has 2 nitrogen and oxygen atoms in total. The Kier molecular flexibility index (Phi) is 2.17. The van der Waals surface area contributed by atoms with Crippen molar-refractivity contribution < 1.29 is 10.2 Å². The average Bonchev–Trinajstić information content (AvgIpc) is 2.59. The van der Waals surface area contributed by atoms with Crippen LogP contribution in [0.3, 0.4) is 0 Å². The molecule has 3 aliphatic rings. The van der Waals surface area contributed by atoms with Crippen molar-refractivity contribution in [2.24, 2.45) is 29.1 Å². The third-order valence-corrected chi connectivity index (χ3v) is 6.40. The molecule has 0 amide bonds. The van der Waals surface area contributed by atoms with Gasteiger partial charge in [0.2, 0.25) is 0 Å². The molecule has 0 radical (unpaired) electrons. The zero-order valence-corrected chi connectivity index (χ0v) is 11.5. The molecule has 0 unspecified atom stereocenters. The van der Waals surface area contributed by atoms with Gasteiger partial charge in [0, 0.05) is 0 Å². The van der Waals surface area contributed by atoms with Crippen LogP contribution < -0.4 is 0 Å². The molecule has 6 atom stereocenters. The van der Waals surface area contributed by atoms with Crippen LogP contribution in [0.25, 0.3) is 0 Å². The Hall–Kier alpha value is -0.0800. The summed E-state index contributed by atoms with van der Waals surface area (Å²) in [5.74, 6) is 1.95. The Morgan fingerprint density at radius 1 is 0.765 bits per heavy atom. The molecule has 0 aromatic heterocycles. The summed E-state index contributed by atoms with van der Waals surface area (Å²) < 4.78 is 0. The molecule has 98 valence electrons. The summed E-state index contributed by atoms with van der Waals surface area (Å²) in [5.41, 5.74) is -0.738. The summed E-state index contributed by atoms with van der Waals surface area (Å²) in [6, 6.07) is 0. The zero-order chi connectivity index (χ0) is 12.6. The summed E-state index contributed by atoms with van der Waals surface area (Å²) in [4.78, 5) is 0. The molecule has 0 aromatic carbocycles. The molecule has 17 heavy (non-hydrogen) atoms. The van der Waals surface area contributed by atoms with E-state index in [0.29, 0.717) is 29.1 Å². The minimum Gasteiger partial charge on any atom is -0.390 e. The quantitative estimate of drug-likeness (QED) is 0.681. The molecular weight excluding hydrogens is 212 g/mol. The van der Waals surface area contributed by atoms with Crippen LogP contribution >= 0.6 is 0 Å². The lowest BCUT2D eigenvalue weighted by Crippen LogP contribution is -2.43. The third kappa shape index (κ3) is 1.46. The number of hydrogen-bond donors (Lipinski definition) is 2. The second-order valence-corrected chi connectivity index (χ2v) is 7.88. The van der Waals surface area contributed by atoms with Gasteiger partial charge in [-0.3, -0.25) is 0 Å². The number of aliphatic hydroxyl groups is 2. The highest BCUT2D eigenvalue weighted by atomic mass is 16.3. The molecule has 0 bridgehead atoms. The van der Waals surface area contributed by atoms with Gasteiger partial charge in [0.1, 0.15) is 0 Å². The fraction of sp³-hybridized carbons (Fsp3) is 1.00. The van der Waals surface area contributed by atoms with Crippen molar-refractivity contribution in [1.29, 1.82) is 0 Å². The molecule has 2 heteroatoms. The van der Waals surface area contributed by atoms with Crippen molar-refractivity contribution in [2.45, 2.75) is 64.6 Å².